The minimum Gasteiger partial charge on any atom is -0.497 e. The van der Waals surface area contributed by atoms with Crippen LogP contribution in [-0.2, 0) is 9.59 Å². The number of nitrogens with one attached hydrogen (secondary N) is 1. The average molecular weight is 416 g/mol. The Bertz CT molecular complexity index is 1010. The molecular formula is C20H17FN2O5S. The summed E-state index contributed by atoms with van der Waals surface area (Å²) in [6.45, 7) is -0.522. The molecule has 0 aliphatic carbocycles. The summed E-state index contributed by atoms with van der Waals surface area (Å²) in [6.07, 6.45) is 1.50. The van der Waals surface area contributed by atoms with Gasteiger partial charge in [0, 0.05) is 5.56 Å². The first-order chi connectivity index (χ1) is 13.9. The van der Waals surface area contributed by atoms with Crippen molar-refractivity contribution >= 4 is 40.6 Å². The van der Waals surface area contributed by atoms with Gasteiger partial charge >= 0.3 is 0 Å². The highest BCUT2D eigenvalue weighted by Crippen LogP contribution is 2.35. The van der Waals surface area contributed by atoms with Crippen LogP contribution in [0.15, 0.2) is 47.4 Å². The molecule has 150 valence electrons. The molecule has 0 spiro atoms. The van der Waals surface area contributed by atoms with E-state index >= 15 is 0 Å². The molecule has 3 amide bonds. The lowest BCUT2D eigenvalue weighted by Crippen LogP contribution is -2.36. The first kappa shape index (κ1) is 20.4. The second-order valence-electron chi connectivity index (χ2n) is 5.90. The molecule has 1 aliphatic rings. The standard InChI is InChI=1S/C20H17FN2O5S/c1-27-13-7-8-16(28-2)12(9-13)10-17-19(25)23(20(26)29-17)11-18(24)22-15-6-4-3-5-14(15)21/h3-10H,11H2,1-2H3,(H,22,24). The van der Waals surface area contributed by atoms with Crippen molar-refractivity contribution in [1.82, 2.24) is 4.90 Å². The number of para-hydroxylation sites is 1. The summed E-state index contributed by atoms with van der Waals surface area (Å²) >= 11 is 0.709. The average Bonchev–Trinajstić information content (AvgIpc) is 2.97. The van der Waals surface area contributed by atoms with E-state index in [4.69, 9.17) is 9.47 Å². The largest absolute Gasteiger partial charge is 0.497 e. The number of amides is 3. The molecule has 0 bridgehead atoms. The molecule has 0 aromatic heterocycles. The molecule has 0 atom stereocenters. The van der Waals surface area contributed by atoms with Gasteiger partial charge in [-0.15, -0.1) is 0 Å². The van der Waals surface area contributed by atoms with Gasteiger partial charge in [0.15, 0.2) is 0 Å². The molecule has 0 saturated carbocycles. The maximum absolute atomic E-state index is 13.7. The van der Waals surface area contributed by atoms with Crippen molar-refractivity contribution in [1.29, 1.82) is 0 Å². The van der Waals surface area contributed by atoms with Gasteiger partial charge in [-0.05, 0) is 48.2 Å². The van der Waals surface area contributed by atoms with Gasteiger partial charge in [0.2, 0.25) is 5.91 Å². The Labute approximate surface area is 170 Å². The smallest absolute Gasteiger partial charge is 0.294 e. The van der Waals surface area contributed by atoms with Crippen molar-refractivity contribution in [2.75, 3.05) is 26.1 Å². The number of anilines is 1. The fourth-order valence-corrected chi connectivity index (χ4v) is 3.45. The van der Waals surface area contributed by atoms with Crippen LogP contribution in [0.4, 0.5) is 14.9 Å². The lowest BCUT2D eigenvalue weighted by atomic mass is 10.1. The highest BCUT2D eigenvalue weighted by molar-refractivity contribution is 8.18. The number of imide groups is 1. The van der Waals surface area contributed by atoms with Crippen LogP contribution in [-0.4, -0.2) is 42.7 Å². The molecule has 29 heavy (non-hydrogen) atoms. The third-order valence-corrected chi connectivity index (χ3v) is 4.95. The molecular weight excluding hydrogens is 399 g/mol. The molecule has 0 radical (unpaired) electrons. The molecule has 1 heterocycles. The maximum atomic E-state index is 13.7. The van der Waals surface area contributed by atoms with Crippen molar-refractivity contribution in [2.45, 2.75) is 0 Å². The normalized spacial score (nSPS) is 15.0. The van der Waals surface area contributed by atoms with Crippen LogP contribution in [0.2, 0.25) is 0 Å². The Morgan fingerprint density at radius 1 is 1.17 bits per heavy atom. The van der Waals surface area contributed by atoms with Crippen LogP contribution in [0.25, 0.3) is 6.08 Å². The van der Waals surface area contributed by atoms with E-state index in [1.165, 1.54) is 38.5 Å². The number of methoxy groups -OCH3 is 2. The van der Waals surface area contributed by atoms with E-state index in [0.29, 0.717) is 28.8 Å². The Morgan fingerprint density at radius 3 is 2.62 bits per heavy atom. The van der Waals surface area contributed by atoms with Gasteiger partial charge in [0.05, 0.1) is 24.8 Å². The monoisotopic (exact) mass is 416 g/mol. The Morgan fingerprint density at radius 2 is 1.93 bits per heavy atom. The van der Waals surface area contributed by atoms with Gasteiger partial charge in [-0.25, -0.2) is 4.39 Å². The zero-order valence-electron chi connectivity index (χ0n) is 15.6. The van der Waals surface area contributed by atoms with Gasteiger partial charge < -0.3 is 14.8 Å². The highest BCUT2D eigenvalue weighted by atomic mass is 32.2. The van der Waals surface area contributed by atoms with E-state index in [1.807, 2.05) is 0 Å². The first-order valence-corrected chi connectivity index (χ1v) is 9.26. The molecule has 0 unspecified atom stereocenters. The number of nitrogens with zero attached hydrogens (tertiary/aromatic N) is 1. The Kier molecular flexibility index (Phi) is 6.18. The lowest BCUT2D eigenvalue weighted by Gasteiger charge is -2.12. The minimum atomic E-state index is -0.683. The molecule has 2 aromatic carbocycles. The van der Waals surface area contributed by atoms with Crippen molar-refractivity contribution in [3.63, 3.8) is 0 Å². The van der Waals surface area contributed by atoms with E-state index in [0.717, 1.165) is 4.90 Å². The molecule has 9 heteroatoms. The van der Waals surface area contributed by atoms with Crippen molar-refractivity contribution in [3.05, 3.63) is 58.8 Å². The number of carbonyl (C=O) groups excluding carboxylic acids is 3. The zero-order chi connectivity index (χ0) is 21.0. The van der Waals surface area contributed by atoms with E-state index < -0.39 is 29.4 Å². The van der Waals surface area contributed by atoms with Crippen molar-refractivity contribution in [3.8, 4) is 11.5 Å². The molecule has 1 fully saturated rings. The summed E-state index contributed by atoms with van der Waals surface area (Å²) in [7, 11) is 2.99. The number of ether oxygens (including phenoxy) is 2. The molecule has 1 N–H and O–H groups in total. The second kappa shape index (κ2) is 8.78. The molecule has 7 nitrogen and oxygen atoms in total. The maximum Gasteiger partial charge on any atom is 0.294 e. The van der Waals surface area contributed by atoms with E-state index in [-0.39, 0.29) is 10.6 Å². The summed E-state index contributed by atoms with van der Waals surface area (Å²) in [5.41, 5.74) is 0.522. The highest BCUT2D eigenvalue weighted by Gasteiger charge is 2.36. The summed E-state index contributed by atoms with van der Waals surface area (Å²) in [5, 5.41) is 1.76. The number of halogens is 1. The predicted molar refractivity (Wildman–Crippen MR) is 107 cm³/mol. The van der Waals surface area contributed by atoms with E-state index in [1.54, 1.807) is 24.3 Å². The molecule has 3 rings (SSSR count). The summed E-state index contributed by atoms with van der Waals surface area (Å²) in [4.78, 5) is 38.0. The fraction of sp³-hybridized carbons (Fsp3) is 0.150. The molecule has 1 aliphatic heterocycles. The number of carbonyl (C=O) groups is 3. The number of rotatable bonds is 6. The zero-order valence-corrected chi connectivity index (χ0v) is 16.4. The number of thioether (sulfide) groups is 1. The third-order valence-electron chi connectivity index (χ3n) is 4.05. The molecule has 2 aromatic rings. The second-order valence-corrected chi connectivity index (χ2v) is 6.90. The van der Waals surface area contributed by atoms with Crippen molar-refractivity contribution < 1.29 is 28.2 Å². The van der Waals surface area contributed by atoms with Gasteiger partial charge in [0.25, 0.3) is 11.1 Å². The summed E-state index contributed by atoms with van der Waals surface area (Å²) < 4.78 is 24.1. The Balaban J connectivity index is 1.77. The lowest BCUT2D eigenvalue weighted by molar-refractivity contribution is -0.127. The van der Waals surface area contributed by atoms with Gasteiger partial charge in [-0.2, -0.15) is 0 Å². The summed E-state index contributed by atoms with van der Waals surface area (Å²) in [6, 6.07) is 10.7. The minimum absolute atomic E-state index is 0.0267. The third kappa shape index (κ3) is 4.57. The van der Waals surface area contributed by atoms with Crippen LogP contribution in [0.1, 0.15) is 5.56 Å². The number of benzene rings is 2. The van der Waals surface area contributed by atoms with Crippen LogP contribution in [0.3, 0.4) is 0 Å². The SMILES string of the molecule is COc1ccc(OC)c(C=C2SC(=O)N(CC(=O)Nc3ccccc3F)C2=O)c1. The Hall–Kier alpha value is -3.33. The van der Waals surface area contributed by atoms with E-state index in [2.05, 4.69) is 5.32 Å². The van der Waals surface area contributed by atoms with Crippen LogP contribution in [0, 0.1) is 5.82 Å². The van der Waals surface area contributed by atoms with Crippen LogP contribution < -0.4 is 14.8 Å². The first-order valence-electron chi connectivity index (χ1n) is 8.44. The predicted octanol–water partition coefficient (Wildman–Crippen LogP) is 3.52. The number of hydrogen-bond donors (Lipinski definition) is 1. The number of hydrogen-bond acceptors (Lipinski definition) is 6. The van der Waals surface area contributed by atoms with Crippen LogP contribution in [0.5, 0.6) is 11.5 Å². The summed E-state index contributed by atoms with van der Waals surface area (Å²) in [5.74, 6) is -0.860. The molecule has 1 saturated heterocycles. The van der Waals surface area contributed by atoms with E-state index in [9.17, 15) is 18.8 Å². The van der Waals surface area contributed by atoms with Gasteiger partial charge in [-0.3, -0.25) is 19.3 Å². The van der Waals surface area contributed by atoms with Crippen LogP contribution >= 0.6 is 11.8 Å². The fourth-order valence-electron chi connectivity index (χ4n) is 2.63. The van der Waals surface area contributed by atoms with Gasteiger partial charge in [-0.1, -0.05) is 12.1 Å². The van der Waals surface area contributed by atoms with Crippen molar-refractivity contribution in [2.24, 2.45) is 0 Å². The topological polar surface area (TPSA) is 84.9 Å². The quantitative estimate of drug-likeness (QED) is 0.726. The van der Waals surface area contributed by atoms with Gasteiger partial charge in [0.1, 0.15) is 23.9 Å².